The molecule has 1 atom stereocenters. The van der Waals surface area contributed by atoms with E-state index in [4.69, 9.17) is 14.5 Å². The number of para-hydroxylation sites is 2. The largest absolute Gasteiger partial charge is 0.494 e. The molecule has 0 bridgehead atoms. The standard InChI is InChI=1S/C18H26N4O2/c1-14-19-18(15-7-6-10-21(13-15)11-12-23-2)22(20-14)16-8-4-5-9-17(16)24-3/h4-5,8-9,15H,6-7,10-13H2,1-3H3/t15-/m0/s1. The molecule has 0 saturated carbocycles. The highest BCUT2D eigenvalue weighted by Gasteiger charge is 2.27. The zero-order valence-electron chi connectivity index (χ0n) is 14.7. The maximum Gasteiger partial charge on any atom is 0.148 e. The highest BCUT2D eigenvalue weighted by molar-refractivity contribution is 5.46. The third-order valence-corrected chi connectivity index (χ3v) is 4.53. The summed E-state index contributed by atoms with van der Waals surface area (Å²) >= 11 is 0. The summed E-state index contributed by atoms with van der Waals surface area (Å²) < 4.78 is 12.7. The van der Waals surface area contributed by atoms with Crippen molar-refractivity contribution in [3.63, 3.8) is 0 Å². The second kappa shape index (κ2) is 7.77. The van der Waals surface area contributed by atoms with E-state index >= 15 is 0 Å². The Labute approximate surface area is 143 Å². The van der Waals surface area contributed by atoms with Gasteiger partial charge in [0.25, 0.3) is 0 Å². The molecular formula is C18H26N4O2. The predicted octanol–water partition coefficient (Wildman–Crippen LogP) is 2.41. The van der Waals surface area contributed by atoms with Crippen molar-refractivity contribution in [3.8, 4) is 11.4 Å². The quantitative estimate of drug-likeness (QED) is 0.814. The number of nitrogens with zero attached hydrogens (tertiary/aromatic N) is 4. The molecule has 1 saturated heterocycles. The summed E-state index contributed by atoms with van der Waals surface area (Å²) in [5.41, 5.74) is 0.949. The van der Waals surface area contributed by atoms with Gasteiger partial charge in [0, 0.05) is 26.1 Å². The van der Waals surface area contributed by atoms with Crippen LogP contribution in [-0.4, -0.2) is 60.1 Å². The molecule has 1 fully saturated rings. The monoisotopic (exact) mass is 330 g/mol. The maximum absolute atomic E-state index is 5.51. The van der Waals surface area contributed by atoms with Gasteiger partial charge in [0.2, 0.25) is 0 Å². The highest BCUT2D eigenvalue weighted by atomic mass is 16.5. The van der Waals surface area contributed by atoms with Gasteiger partial charge in [-0.15, -0.1) is 0 Å². The van der Waals surface area contributed by atoms with Gasteiger partial charge in [-0.25, -0.2) is 9.67 Å². The van der Waals surface area contributed by atoms with Crippen LogP contribution in [0.1, 0.15) is 30.4 Å². The first-order chi connectivity index (χ1) is 11.7. The zero-order chi connectivity index (χ0) is 16.9. The van der Waals surface area contributed by atoms with Crippen LogP contribution < -0.4 is 4.74 Å². The molecule has 6 heteroatoms. The molecule has 2 heterocycles. The first kappa shape index (κ1) is 16.9. The molecule has 130 valence electrons. The average molecular weight is 330 g/mol. The summed E-state index contributed by atoms with van der Waals surface area (Å²) in [6.07, 6.45) is 2.31. The lowest BCUT2D eigenvalue weighted by Gasteiger charge is -2.32. The first-order valence-electron chi connectivity index (χ1n) is 8.51. The Morgan fingerprint density at radius 2 is 2.08 bits per heavy atom. The molecule has 0 N–H and O–H groups in total. The summed E-state index contributed by atoms with van der Waals surface area (Å²) in [5, 5.41) is 4.63. The second-order valence-electron chi connectivity index (χ2n) is 6.23. The molecule has 0 amide bonds. The van der Waals surface area contributed by atoms with Crippen molar-refractivity contribution in [3.05, 3.63) is 35.9 Å². The fourth-order valence-corrected chi connectivity index (χ4v) is 3.37. The number of hydrogen-bond donors (Lipinski definition) is 0. The van der Waals surface area contributed by atoms with Crippen LogP contribution in [0.3, 0.4) is 0 Å². The van der Waals surface area contributed by atoms with Gasteiger partial charge in [-0.2, -0.15) is 5.10 Å². The summed E-state index contributed by atoms with van der Waals surface area (Å²) in [7, 11) is 3.44. The van der Waals surface area contributed by atoms with E-state index in [0.717, 1.165) is 55.7 Å². The molecule has 1 aliphatic rings. The Bertz CT molecular complexity index is 671. The molecule has 6 nitrogen and oxygen atoms in total. The molecule has 1 aromatic heterocycles. The number of likely N-dealkylation sites (tertiary alicyclic amines) is 1. The van der Waals surface area contributed by atoms with Gasteiger partial charge in [0.1, 0.15) is 23.1 Å². The maximum atomic E-state index is 5.51. The van der Waals surface area contributed by atoms with E-state index in [9.17, 15) is 0 Å². The number of aryl methyl sites for hydroxylation is 1. The van der Waals surface area contributed by atoms with Gasteiger partial charge in [-0.1, -0.05) is 12.1 Å². The van der Waals surface area contributed by atoms with Crippen molar-refractivity contribution in [2.75, 3.05) is 40.5 Å². The van der Waals surface area contributed by atoms with Crippen LogP contribution in [0.2, 0.25) is 0 Å². The Morgan fingerprint density at radius 3 is 2.88 bits per heavy atom. The first-order valence-corrected chi connectivity index (χ1v) is 8.51. The van der Waals surface area contributed by atoms with Crippen LogP contribution >= 0.6 is 0 Å². The highest BCUT2D eigenvalue weighted by Crippen LogP contribution is 2.30. The summed E-state index contributed by atoms with van der Waals surface area (Å²) in [6.45, 7) is 5.80. The van der Waals surface area contributed by atoms with Crippen molar-refractivity contribution in [2.24, 2.45) is 0 Å². The van der Waals surface area contributed by atoms with Crippen LogP contribution in [0.5, 0.6) is 5.75 Å². The third-order valence-electron chi connectivity index (χ3n) is 4.53. The van der Waals surface area contributed by atoms with E-state index in [2.05, 4.69) is 10.00 Å². The van der Waals surface area contributed by atoms with Crippen LogP contribution in [0.4, 0.5) is 0 Å². The molecule has 0 spiro atoms. The Balaban J connectivity index is 1.89. The molecular weight excluding hydrogens is 304 g/mol. The number of rotatable bonds is 6. The summed E-state index contributed by atoms with van der Waals surface area (Å²) in [4.78, 5) is 7.19. The predicted molar refractivity (Wildman–Crippen MR) is 92.9 cm³/mol. The molecule has 1 aromatic carbocycles. The molecule has 0 radical (unpaired) electrons. The minimum atomic E-state index is 0.377. The second-order valence-corrected chi connectivity index (χ2v) is 6.23. The molecule has 1 aliphatic heterocycles. The number of ether oxygens (including phenoxy) is 2. The van der Waals surface area contributed by atoms with Crippen LogP contribution in [0.15, 0.2) is 24.3 Å². The number of benzene rings is 1. The minimum absolute atomic E-state index is 0.377. The minimum Gasteiger partial charge on any atom is -0.494 e. The van der Waals surface area contributed by atoms with Crippen LogP contribution in [0, 0.1) is 6.92 Å². The number of aromatic nitrogens is 3. The van der Waals surface area contributed by atoms with Gasteiger partial charge >= 0.3 is 0 Å². The lowest BCUT2D eigenvalue weighted by molar-refractivity contribution is 0.126. The van der Waals surface area contributed by atoms with Gasteiger partial charge in [0.05, 0.1) is 13.7 Å². The molecule has 24 heavy (non-hydrogen) atoms. The fourth-order valence-electron chi connectivity index (χ4n) is 3.37. The molecule has 0 aliphatic carbocycles. The average Bonchev–Trinajstić information content (AvgIpc) is 3.02. The number of methoxy groups -OCH3 is 2. The summed E-state index contributed by atoms with van der Waals surface area (Å²) in [6, 6.07) is 7.97. The van der Waals surface area contributed by atoms with Crippen LogP contribution in [-0.2, 0) is 4.74 Å². The van der Waals surface area contributed by atoms with E-state index in [1.807, 2.05) is 35.9 Å². The SMILES string of the molecule is COCCN1CCC[C@H](c2nc(C)nn2-c2ccccc2OC)C1. The Kier molecular flexibility index (Phi) is 5.48. The molecule has 0 unspecified atom stereocenters. The van der Waals surface area contributed by atoms with E-state index in [-0.39, 0.29) is 0 Å². The summed E-state index contributed by atoms with van der Waals surface area (Å²) in [5.74, 6) is 3.02. The Morgan fingerprint density at radius 1 is 1.25 bits per heavy atom. The van der Waals surface area contributed by atoms with Gasteiger partial charge in [0.15, 0.2) is 0 Å². The van der Waals surface area contributed by atoms with E-state index < -0.39 is 0 Å². The molecule has 3 rings (SSSR count). The Hall–Kier alpha value is -1.92. The van der Waals surface area contributed by atoms with Crippen molar-refractivity contribution in [2.45, 2.75) is 25.7 Å². The normalized spacial score (nSPS) is 18.7. The van der Waals surface area contributed by atoms with E-state index in [1.165, 1.54) is 6.42 Å². The van der Waals surface area contributed by atoms with Crippen molar-refractivity contribution >= 4 is 0 Å². The van der Waals surface area contributed by atoms with E-state index in [0.29, 0.717) is 5.92 Å². The topological polar surface area (TPSA) is 52.4 Å². The van der Waals surface area contributed by atoms with Crippen molar-refractivity contribution < 1.29 is 9.47 Å². The van der Waals surface area contributed by atoms with E-state index in [1.54, 1.807) is 14.2 Å². The third kappa shape index (κ3) is 3.60. The van der Waals surface area contributed by atoms with Gasteiger partial charge in [-0.05, 0) is 38.4 Å². The number of hydrogen-bond acceptors (Lipinski definition) is 5. The van der Waals surface area contributed by atoms with Crippen molar-refractivity contribution in [1.82, 2.24) is 19.7 Å². The zero-order valence-corrected chi connectivity index (χ0v) is 14.7. The molecule has 2 aromatic rings. The van der Waals surface area contributed by atoms with Gasteiger partial charge in [-0.3, -0.25) is 0 Å². The van der Waals surface area contributed by atoms with Crippen LogP contribution in [0.25, 0.3) is 5.69 Å². The smallest absolute Gasteiger partial charge is 0.148 e. The van der Waals surface area contributed by atoms with Gasteiger partial charge < -0.3 is 14.4 Å². The lowest BCUT2D eigenvalue weighted by Crippen LogP contribution is -2.37. The van der Waals surface area contributed by atoms with Crippen molar-refractivity contribution in [1.29, 1.82) is 0 Å². The number of piperidine rings is 1. The fraction of sp³-hybridized carbons (Fsp3) is 0.556. The lowest BCUT2D eigenvalue weighted by atomic mass is 9.97.